The van der Waals surface area contributed by atoms with E-state index in [1.165, 1.54) is 14.1 Å². The Morgan fingerprint density at radius 2 is 2.00 bits per heavy atom. The summed E-state index contributed by atoms with van der Waals surface area (Å²) in [5.74, 6) is -0.247. The molecular weight excluding hydrogens is 250 g/mol. The van der Waals surface area contributed by atoms with Crippen molar-refractivity contribution in [2.75, 3.05) is 11.9 Å². The molecule has 1 unspecified atom stereocenters. The lowest BCUT2D eigenvalue weighted by atomic mass is 10.3. The van der Waals surface area contributed by atoms with Crippen molar-refractivity contribution in [3.63, 3.8) is 0 Å². The fraction of sp³-hybridized carbons (Fsp3) is 0.636. The summed E-state index contributed by atoms with van der Waals surface area (Å²) in [6.45, 7) is 4.14. The number of hydrogen-bond donors (Lipinski definition) is 2. The van der Waals surface area contributed by atoms with E-state index < -0.39 is 17.3 Å². The predicted octanol–water partition coefficient (Wildman–Crippen LogP) is -1.19. The molecule has 1 aromatic rings. The average Bonchev–Trinajstić information content (AvgIpc) is 2.39. The minimum Gasteiger partial charge on any atom is -0.354 e. The van der Waals surface area contributed by atoms with Gasteiger partial charge in [-0.25, -0.2) is 9.48 Å². The zero-order valence-corrected chi connectivity index (χ0v) is 11.6. The molecule has 0 spiro atoms. The van der Waals surface area contributed by atoms with Crippen molar-refractivity contribution >= 4 is 11.7 Å². The van der Waals surface area contributed by atoms with Gasteiger partial charge < -0.3 is 10.6 Å². The van der Waals surface area contributed by atoms with E-state index in [1.807, 2.05) is 6.92 Å². The smallest absolute Gasteiger partial charge is 0.346 e. The van der Waals surface area contributed by atoms with Crippen molar-refractivity contribution in [1.82, 2.24) is 19.7 Å². The van der Waals surface area contributed by atoms with Crippen LogP contribution in [0.25, 0.3) is 0 Å². The van der Waals surface area contributed by atoms with E-state index in [4.69, 9.17) is 0 Å². The van der Waals surface area contributed by atoms with E-state index in [2.05, 4.69) is 15.7 Å². The van der Waals surface area contributed by atoms with Gasteiger partial charge in [0.1, 0.15) is 6.04 Å². The number of hydrogen-bond acceptors (Lipinski definition) is 5. The van der Waals surface area contributed by atoms with Crippen molar-refractivity contribution in [1.29, 1.82) is 0 Å². The Hall–Kier alpha value is -2.12. The highest BCUT2D eigenvalue weighted by atomic mass is 16.2. The van der Waals surface area contributed by atoms with Gasteiger partial charge in [-0.15, -0.1) is 5.10 Å². The first-order valence-corrected chi connectivity index (χ1v) is 6.07. The lowest BCUT2D eigenvalue weighted by Crippen LogP contribution is -2.44. The maximum absolute atomic E-state index is 11.8. The molecule has 0 aliphatic heterocycles. The molecule has 19 heavy (non-hydrogen) atoms. The molecule has 0 aliphatic rings. The number of anilines is 1. The van der Waals surface area contributed by atoms with Gasteiger partial charge in [0, 0.05) is 20.6 Å². The summed E-state index contributed by atoms with van der Waals surface area (Å²) in [5.41, 5.74) is -1.07. The molecule has 0 bridgehead atoms. The molecule has 1 rings (SSSR count). The van der Waals surface area contributed by atoms with Crippen LogP contribution in [0.3, 0.4) is 0 Å². The molecule has 1 atom stereocenters. The fourth-order valence-electron chi connectivity index (χ4n) is 1.46. The highest BCUT2D eigenvalue weighted by Crippen LogP contribution is 1.95. The van der Waals surface area contributed by atoms with E-state index in [1.54, 1.807) is 6.92 Å². The van der Waals surface area contributed by atoms with Crippen LogP contribution in [0.2, 0.25) is 0 Å². The van der Waals surface area contributed by atoms with Crippen LogP contribution in [0.4, 0.5) is 5.82 Å². The second kappa shape index (κ2) is 6.17. The summed E-state index contributed by atoms with van der Waals surface area (Å²) in [6, 6.07) is -0.607. The first-order valence-electron chi connectivity index (χ1n) is 6.07. The number of aromatic nitrogens is 3. The maximum atomic E-state index is 11.8. The largest absolute Gasteiger partial charge is 0.354 e. The van der Waals surface area contributed by atoms with E-state index >= 15 is 0 Å². The lowest BCUT2D eigenvalue weighted by Gasteiger charge is -2.14. The van der Waals surface area contributed by atoms with E-state index in [9.17, 15) is 14.4 Å². The quantitative estimate of drug-likeness (QED) is 0.700. The average molecular weight is 269 g/mol. The molecule has 1 heterocycles. The van der Waals surface area contributed by atoms with Gasteiger partial charge in [-0.2, -0.15) is 0 Å². The molecule has 1 amide bonds. The summed E-state index contributed by atoms with van der Waals surface area (Å²) in [7, 11) is 2.80. The van der Waals surface area contributed by atoms with Crippen LogP contribution >= 0.6 is 0 Å². The summed E-state index contributed by atoms with van der Waals surface area (Å²) < 4.78 is 1.98. The third-order valence-electron chi connectivity index (χ3n) is 2.62. The first kappa shape index (κ1) is 14.9. The Balaban J connectivity index is 2.92. The molecule has 8 nitrogen and oxygen atoms in total. The third-order valence-corrected chi connectivity index (χ3v) is 2.62. The number of amides is 1. The van der Waals surface area contributed by atoms with Crippen molar-refractivity contribution in [2.45, 2.75) is 26.3 Å². The highest BCUT2D eigenvalue weighted by molar-refractivity contribution is 5.83. The van der Waals surface area contributed by atoms with Gasteiger partial charge >= 0.3 is 5.69 Å². The molecule has 1 aromatic heterocycles. The fourth-order valence-corrected chi connectivity index (χ4v) is 1.46. The van der Waals surface area contributed by atoms with Gasteiger partial charge in [-0.05, 0) is 13.3 Å². The van der Waals surface area contributed by atoms with Crippen LogP contribution in [0.5, 0.6) is 0 Å². The molecule has 106 valence electrons. The molecule has 0 radical (unpaired) electrons. The Bertz CT molecular complexity index is 575. The van der Waals surface area contributed by atoms with Gasteiger partial charge in [0.2, 0.25) is 11.7 Å². The van der Waals surface area contributed by atoms with Gasteiger partial charge in [0.15, 0.2) is 0 Å². The van der Waals surface area contributed by atoms with E-state index in [-0.39, 0.29) is 11.7 Å². The molecule has 2 N–H and O–H groups in total. The van der Waals surface area contributed by atoms with Crippen molar-refractivity contribution in [3.05, 3.63) is 20.8 Å². The molecule has 0 fully saturated rings. The minimum absolute atomic E-state index is 0.0243. The lowest BCUT2D eigenvalue weighted by molar-refractivity contribution is -0.121. The molecular formula is C11H19N5O3. The Labute approximate surface area is 110 Å². The molecule has 8 heteroatoms. The van der Waals surface area contributed by atoms with Crippen LogP contribution in [-0.2, 0) is 18.9 Å². The zero-order chi connectivity index (χ0) is 14.6. The van der Waals surface area contributed by atoms with Crippen molar-refractivity contribution in [2.24, 2.45) is 14.1 Å². The molecule has 0 aromatic carbocycles. The van der Waals surface area contributed by atoms with Crippen LogP contribution < -0.4 is 21.9 Å². The highest BCUT2D eigenvalue weighted by Gasteiger charge is 2.16. The molecule has 0 aliphatic carbocycles. The SMILES string of the molecule is CCCNC(=O)C(C)Nc1nn(C)c(=O)n(C)c1=O. The van der Waals surface area contributed by atoms with Crippen LogP contribution in [0.15, 0.2) is 9.59 Å². The van der Waals surface area contributed by atoms with Crippen LogP contribution in [-0.4, -0.2) is 32.8 Å². The number of nitrogens with one attached hydrogen (secondary N) is 2. The van der Waals surface area contributed by atoms with E-state index in [0.29, 0.717) is 6.54 Å². The van der Waals surface area contributed by atoms with Crippen molar-refractivity contribution < 1.29 is 4.79 Å². The standard InChI is InChI=1S/C11H19N5O3/c1-5-6-12-9(17)7(2)13-8-10(18)15(3)11(19)16(4)14-8/h7H,5-6H2,1-4H3,(H,12,17)(H,13,14). The number of aryl methyl sites for hydroxylation is 1. The summed E-state index contributed by atoms with van der Waals surface area (Å²) in [4.78, 5) is 34.9. The Kier molecular flexibility index (Phi) is 4.85. The van der Waals surface area contributed by atoms with Gasteiger partial charge in [-0.1, -0.05) is 6.92 Å². The van der Waals surface area contributed by atoms with Gasteiger partial charge in [0.05, 0.1) is 0 Å². The number of carbonyl (C=O) groups is 1. The Morgan fingerprint density at radius 3 is 2.58 bits per heavy atom. The van der Waals surface area contributed by atoms with Crippen LogP contribution in [0.1, 0.15) is 20.3 Å². The topological polar surface area (TPSA) is 98.0 Å². The second-order valence-corrected chi connectivity index (χ2v) is 4.28. The van der Waals surface area contributed by atoms with E-state index in [0.717, 1.165) is 15.7 Å². The molecule has 0 saturated carbocycles. The maximum Gasteiger partial charge on any atom is 0.346 e. The normalized spacial score (nSPS) is 12.0. The third kappa shape index (κ3) is 3.43. The second-order valence-electron chi connectivity index (χ2n) is 4.28. The predicted molar refractivity (Wildman–Crippen MR) is 71.1 cm³/mol. The number of carbonyl (C=O) groups excluding carboxylic acids is 1. The number of nitrogens with zero attached hydrogens (tertiary/aromatic N) is 3. The van der Waals surface area contributed by atoms with Crippen LogP contribution in [0, 0.1) is 0 Å². The van der Waals surface area contributed by atoms with Gasteiger partial charge in [-0.3, -0.25) is 14.2 Å². The molecule has 0 saturated heterocycles. The number of rotatable bonds is 5. The summed E-state index contributed by atoms with van der Waals surface area (Å²) in [6.07, 6.45) is 0.832. The summed E-state index contributed by atoms with van der Waals surface area (Å²) >= 11 is 0. The first-order chi connectivity index (χ1) is 8.88. The summed E-state index contributed by atoms with van der Waals surface area (Å²) in [5, 5.41) is 9.23. The zero-order valence-electron chi connectivity index (χ0n) is 11.6. The monoisotopic (exact) mass is 269 g/mol. The van der Waals surface area contributed by atoms with Gasteiger partial charge in [0.25, 0.3) is 5.56 Å². The van der Waals surface area contributed by atoms with Crippen molar-refractivity contribution in [3.8, 4) is 0 Å². The Morgan fingerprint density at radius 1 is 1.37 bits per heavy atom. The minimum atomic E-state index is -0.607.